The summed E-state index contributed by atoms with van der Waals surface area (Å²) in [4.78, 5) is 28.6. The molecule has 3 aromatic carbocycles. The topological polar surface area (TPSA) is 86.8 Å². The summed E-state index contributed by atoms with van der Waals surface area (Å²) in [5.41, 5.74) is 0.00170. The minimum absolute atomic E-state index is 0.0142. The number of carbonyl (C=O) groups excluding carboxylic acids is 2. The van der Waals surface area contributed by atoms with Crippen LogP contribution in [0, 0.1) is 5.82 Å². The molecule has 0 bridgehead atoms. The van der Waals surface area contributed by atoms with Crippen molar-refractivity contribution in [3.05, 3.63) is 94.2 Å². The van der Waals surface area contributed by atoms with Gasteiger partial charge in [0, 0.05) is 17.1 Å². The zero-order valence-corrected chi connectivity index (χ0v) is 25.0. The van der Waals surface area contributed by atoms with E-state index in [1.807, 2.05) is 20.8 Å². The van der Waals surface area contributed by atoms with Crippen LogP contribution in [0.3, 0.4) is 0 Å². The zero-order valence-electron chi connectivity index (χ0n) is 22.7. The molecule has 1 N–H and O–H groups in total. The third-order valence-corrected chi connectivity index (χ3v) is 8.27. The van der Waals surface area contributed by atoms with Gasteiger partial charge in [-0.15, -0.1) is 0 Å². The van der Waals surface area contributed by atoms with E-state index in [1.165, 1.54) is 59.5 Å². The van der Waals surface area contributed by atoms with E-state index in [4.69, 9.17) is 23.2 Å². The van der Waals surface area contributed by atoms with Gasteiger partial charge in [-0.25, -0.2) is 12.8 Å². The Morgan fingerprint density at radius 2 is 1.60 bits per heavy atom. The molecule has 3 aromatic rings. The van der Waals surface area contributed by atoms with Crippen molar-refractivity contribution in [2.45, 2.75) is 57.1 Å². The smallest absolute Gasteiger partial charge is 0.264 e. The number of anilines is 1. The van der Waals surface area contributed by atoms with Crippen LogP contribution in [0.25, 0.3) is 0 Å². The first kappa shape index (κ1) is 31.4. The second kappa shape index (κ2) is 13.0. The number of sulfonamides is 1. The molecule has 11 heteroatoms. The lowest BCUT2D eigenvalue weighted by atomic mass is 10.1. The second-order valence-corrected chi connectivity index (χ2v) is 12.9. The van der Waals surface area contributed by atoms with Gasteiger partial charge in [0.1, 0.15) is 18.4 Å². The highest BCUT2D eigenvalue weighted by molar-refractivity contribution is 7.92. The summed E-state index contributed by atoms with van der Waals surface area (Å²) in [5.74, 6) is -1.51. The summed E-state index contributed by atoms with van der Waals surface area (Å²) in [5, 5.41) is 3.19. The van der Waals surface area contributed by atoms with Crippen LogP contribution < -0.4 is 9.62 Å². The van der Waals surface area contributed by atoms with E-state index in [9.17, 15) is 22.4 Å². The first-order valence-electron chi connectivity index (χ1n) is 12.6. The highest BCUT2D eigenvalue weighted by atomic mass is 35.5. The van der Waals surface area contributed by atoms with Crippen molar-refractivity contribution >= 4 is 50.7 Å². The van der Waals surface area contributed by atoms with E-state index in [0.717, 1.165) is 4.31 Å². The van der Waals surface area contributed by atoms with Gasteiger partial charge in [0.25, 0.3) is 10.0 Å². The van der Waals surface area contributed by atoms with Crippen molar-refractivity contribution in [1.29, 1.82) is 0 Å². The Hall–Kier alpha value is -3.14. The molecule has 0 fully saturated rings. The molecule has 2 amide bonds. The Morgan fingerprint density at radius 1 is 0.975 bits per heavy atom. The number of amides is 2. The third kappa shape index (κ3) is 7.96. The molecule has 0 radical (unpaired) electrons. The van der Waals surface area contributed by atoms with Gasteiger partial charge < -0.3 is 10.2 Å². The van der Waals surface area contributed by atoms with E-state index < -0.39 is 45.8 Å². The maximum absolute atomic E-state index is 14.0. The van der Waals surface area contributed by atoms with Crippen LogP contribution in [0.2, 0.25) is 10.0 Å². The van der Waals surface area contributed by atoms with Crippen LogP contribution >= 0.6 is 23.2 Å². The van der Waals surface area contributed by atoms with Crippen molar-refractivity contribution in [3.8, 4) is 0 Å². The van der Waals surface area contributed by atoms with Gasteiger partial charge in [0.05, 0.1) is 15.6 Å². The number of nitrogens with one attached hydrogen (secondary N) is 1. The number of halogens is 3. The molecule has 0 heterocycles. The minimum atomic E-state index is -4.29. The molecule has 0 saturated heterocycles. The summed E-state index contributed by atoms with van der Waals surface area (Å²) in [7, 11) is -4.29. The summed E-state index contributed by atoms with van der Waals surface area (Å²) in [6.07, 6.45) is 0.248. The standard InChI is InChI=1S/C29H32Cl2FN3O4S/c1-5-25(28(37)33-29(2,3)4)34(18-20-11-14-22(32)15-12-20)27(36)19-35(26-17-21(30)13-16-24(26)31)40(38,39)23-9-7-6-8-10-23/h6-17,25H,5,18-19H2,1-4H3,(H,33,37). The lowest BCUT2D eigenvalue weighted by Crippen LogP contribution is -2.55. The fraction of sp³-hybridized carbons (Fsp3) is 0.310. The molecule has 0 aromatic heterocycles. The molecule has 0 aliphatic carbocycles. The highest BCUT2D eigenvalue weighted by Gasteiger charge is 2.35. The van der Waals surface area contributed by atoms with E-state index >= 15 is 0 Å². The average molecular weight is 609 g/mol. The molecule has 0 aliphatic rings. The first-order valence-corrected chi connectivity index (χ1v) is 14.8. The summed E-state index contributed by atoms with van der Waals surface area (Å²) in [6, 6.07) is 16.5. The van der Waals surface area contributed by atoms with E-state index in [1.54, 1.807) is 25.1 Å². The minimum Gasteiger partial charge on any atom is -0.350 e. The predicted octanol–water partition coefficient (Wildman–Crippen LogP) is 6.05. The maximum Gasteiger partial charge on any atom is 0.264 e. The fourth-order valence-corrected chi connectivity index (χ4v) is 5.95. The number of nitrogens with zero attached hydrogens (tertiary/aromatic N) is 2. The van der Waals surface area contributed by atoms with Gasteiger partial charge in [-0.2, -0.15) is 0 Å². The normalized spacial score (nSPS) is 12.5. The predicted molar refractivity (Wildman–Crippen MR) is 156 cm³/mol. The Morgan fingerprint density at radius 3 is 2.17 bits per heavy atom. The molecule has 0 aliphatic heterocycles. The Bertz CT molecular complexity index is 1450. The highest BCUT2D eigenvalue weighted by Crippen LogP contribution is 2.33. The fourth-order valence-electron chi connectivity index (χ4n) is 4.07. The largest absolute Gasteiger partial charge is 0.350 e. The van der Waals surface area contributed by atoms with Crippen molar-refractivity contribution in [2.24, 2.45) is 0 Å². The molecule has 0 saturated carbocycles. The summed E-state index contributed by atoms with van der Waals surface area (Å²) < 4.78 is 42.2. The van der Waals surface area contributed by atoms with E-state index in [0.29, 0.717) is 5.56 Å². The molecular weight excluding hydrogens is 576 g/mol. The van der Waals surface area contributed by atoms with Crippen molar-refractivity contribution in [3.63, 3.8) is 0 Å². The average Bonchev–Trinajstić information content (AvgIpc) is 2.89. The Balaban J connectivity index is 2.10. The molecule has 214 valence electrons. The molecule has 7 nitrogen and oxygen atoms in total. The zero-order chi connectivity index (χ0) is 29.7. The van der Waals surface area contributed by atoms with Gasteiger partial charge in [0.2, 0.25) is 11.8 Å². The SMILES string of the molecule is CCC(C(=O)NC(C)(C)C)N(Cc1ccc(F)cc1)C(=O)CN(c1cc(Cl)ccc1Cl)S(=O)(=O)c1ccccc1. The molecule has 3 rings (SSSR count). The van der Waals surface area contributed by atoms with E-state index in [2.05, 4.69) is 5.32 Å². The first-order chi connectivity index (χ1) is 18.7. The van der Waals surface area contributed by atoms with Crippen LogP contribution in [-0.4, -0.2) is 43.3 Å². The van der Waals surface area contributed by atoms with Crippen molar-refractivity contribution in [1.82, 2.24) is 10.2 Å². The third-order valence-electron chi connectivity index (χ3n) is 5.94. The van der Waals surface area contributed by atoms with Crippen LogP contribution in [0.5, 0.6) is 0 Å². The molecular formula is C29H32Cl2FN3O4S. The summed E-state index contributed by atoms with van der Waals surface area (Å²) >= 11 is 12.6. The summed E-state index contributed by atoms with van der Waals surface area (Å²) in [6.45, 7) is 6.48. The monoisotopic (exact) mass is 607 g/mol. The van der Waals surface area contributed by atoms with Crippen LogP contribution in [-0.2, 0) is 26.2 Å². The Kier molecular flexibility index (Phi) is 10.2. The number of hydrogen-bond donors (Lipinski definition) is 1. The van der Waals surface area contributed by atoms with Crippen LogP contribution in [0.4, 0.5) is 10.1 Å². The molecule has 0 spiro atoms. The number of rotatable bonds is 10. The number of hydrogen-bond acceptors (Lipinski definition) is 4. The quantitative estimate of drug-likeness (QED) is 0.304. The number of benzene rings is 3. The second-order valence-electron chi connectivity index (χ2n) is 10.2. The van der Waals surface area contributed by atoms with Gasteiger partial charge in [-0.1, -0.05) is 60.5 Å². The molecule has 1 atom stereocenters. The Labute approximate surface area is 244 Å². The van der Waals surface area contributed by atoms with Crippen molar-refractivity contribution < 1.29 is 22.4 Å². The van der Waals surface area contributed by atoms with Gasteiger partial charge in [0.15, 0.2) is 0 Å². The molecule has 1 unspecified atom stereocenters. The van der Waals surface area contributed by atoms with E-state index in [-0.39, 0.29) is 33.6 Å². The van der Waals surface area contributed by atoms with Crippen LogP contribution in [0.1, 0.15) is 39.7 Å². The van der Waals surface area contributed by atoms with Gasteiger partial charge >= 0.3 is 0 Å². The number of carbonyl (C=O) groups is 2. The van der Waals surface area contributed by atoms with Gasteiger partial charge in [-0.05, 0) is 75.2 Å². The van der Waals surface area contributed by atoms with Gasteiger partial charge in [-0.3, -0.25) is 13.9 Å². The lowest BCUT2D eigenvalue weighted by Gasteiger charge is -2.35. The molecule has 40 heavy (non-hydrogen) atoms. The van der Waals surface area contributed by atoms with Crippen molar-refractivity contribution in [2.75, 3.05) is 10.8 Å². The van der Waals surface area contributed by atoms with Crippen LogP contribution in [0.15, 0.2) is 77.7 Å². The maximum atomic E-state index is 14.0. The lowest BCUT2D eigenvalue weighted by molar-refractivity contribution is -0.141.